The quantitative estimate of drug-likeness (QED) is 0.929. The zero-order valence-corrected chi connectivity index (χ0v) is 12.8. The Hall–Kier alpha value is -1.84. The fourth-order valence-electron chi connectivity index (χ4n) is 3.58. The standard InChI is InChI=1S/C18H22N2O2/c21-18(16-7-3-5-12-4-1-2-6-15(12)16)19-11-14-10-17(20-22-14)13-8-9-13/h1-2,4,6,13-14,16H,3,5,7-11H2,(H,19,21). The molecule has 1 aromatic rings. The predicted octanol–water partition coefficient (Wildman–Crippen LogP) is 2.78. The van der Waals surface area contributed by atoms with Gasteiger partial charge in [-0.1, -0.05) is 29.4 Å². The van der Waals surface area contributed by atoms with Crippen molar-refractivity contribution in [1.29, 1.82) is 0 Å². The minimum absolute atomic E-state index is 0.00447. The summed E-state index contributed by atoms with van der Waals surface area (Å²) in [7, 11) is 0. The molecule has 1 aliphatic heterocycles. The van der Waals surface area contributed by atoms with Gasteiger partial charge < -0.3 is 10.2 Å². The van der Waals surface area contributed by atoms with Crippen LogP contribution in [0.5, 0.6) is 0 Å². The third kappa shape index (κ3) is 2.74. The molecule has 1 saturated carbocycles. The maximum atomic E-state index is 12.5. The fourth-order valence-corrected chi connectivity index (χ4v) is 3.58. The molecule has 2 atom stereocenters. The van der Waals surface area contributed by atoms with Crippen LogP contribution in [-0.2, 0) is 16.1 Å². The first-order valence-electron chi connectivity index (χ1n) is 8.39. The van der Waals surface area contributed by atoms with Crippen LogP contribution in [0.15, 0.2) is 29.4 Å². The van der Waals surface area contributed by atoms with Gasteiger partial charge in [0.25, 0.3) is 0 Å². The Morgan fingerprint density at radius 3 is 3.00 bits per heavy atom. The van der Waals surface area contributed by atoms with E-state index in [1.54, 1.807) is 0 Å². The van der Waals surface area contributed by atoms with Gasteiger partial charge in [0.2, 0.25) is 5.91 Å². The van der Waals surface area contributed by atoms with E-state index in [1.165, 1.54) is 29.7 Å². The Bertz CT molecular complexity index is 607. The van der Waals surface area contributed by atoms with Gasteiger partial charge >= 0.3 is 0 Å². The van der Waals surface area contributed by atoms with Crippen LogP contribution in [0, 0.1) is 5.92 Å². The van der Waals surface area contributed by atoms with Gasteiger partial charge in [0.05, 0.1) is 18.2 Å². The van der Waals surface area contributed by atoms with E-state index < -0.39 is 0 Å². The second-order valence-electron chi connectivity index (χ2n) is 6.68. The van der Waals surface area contributed by atoms with Gasteiger partial charge in [-0.05, 0) is 43.2 Å². The van der Waals surface area contributed by atoms with Gasteiger partial charge in [0.15, 0.2) is 0 Å². The van der Waals surface area contributed by atoms with Gasteiger partial charge in [-0.2, -0.15) is 0 Å². The highest BCUT2D eigenvalue weighted by atomic mass is 16.6. The Kier molecular flexibility index (Phi) is 3.60. The summed E-state index contributed by atoms with van der Waals surface area (Å²) >= 11 is 0. The molecule has 1 fully saturated rings. The van der Waals surface area contributed by atoms with Crippen molar-refractivity contribution in [2.75, 3.05) is 6.54 Å². The van der Waals surface area contributed by atoms with E-state index in [9.17, 15) is 4.79 Å². The summed E-state index contributed by atoms with van der Waals surface area (Å²) in [4.78, 5) is 18.0. The van der Waals surface area contributed by atoms with Crippen LogP contribution < -0.4 is 5.32 Å². The van der Waals surface area contributed by atoms with Crippen LogP contribution in [0.3, 0.4) is 0 Å². The highest BCUT2D eigenvalue weighted by molar-refractivity contribution is 5.89. The van der Waals surface area contributed by atoms with Gasteiger partial charge in [-0.25, -0.2) is 0 Å². The van der Waals surface area contributed by atoms with E-state index in [2.05, 4.69) is 28.7 Å². The van der Waals surface area contributed by atoms with Crippen molar-refractivity contribution in [1.82, 2.24) is 5.32 Å². The van der Waals surface area contributed by atoms with E-state index >= 15 is 0 Å². The predicted molar refractivity (Wildman–Crippen MR) is 84.8 cm³/mol. The Balaban J connectivity index is 1.33. The first kappa shape index (κ1) is 13.8. The van der Waals surface area contributed by atoms with Gasteiger partial charge in [-0.15, -0.1) is 0 Å². The average Bonchev–Trinajstić information content (AvgIpc) is 3.31. The Morgan fingerprint density at radius 2 is 2.14 bits per heavy atom. The number of nitrogens with zero attached hydrogens (tertiary/aromatic N) is 1. The zero-order chi connectivity index (χ0) is 14.9. The number of hydrogen-bond donors (Lipinski definition) is 1. The number of aryl methyl sites for hydroxylation is 1. The Morgan fingerprint density at radius 1 is 1.27 bits per heavy atom. The number of nitrogens with one attached hydrogen (secondary N) is 1. The normalized spacial score (nSPS) is 26.8. The highest BCUT2D eigenvalue weighted by Crippen LogP contribution is 2.35. The number of oxime groups is 1. The number of fused-ring (bicyclic) bond motifs is 1. The largest absolute Gasteiger partial charge is 0.390 e. The summed E-state index contributed by atoms with van der Waals surface area (Å²) < 4.78 is 0. The van der Waals surface area contributed by atoms with Crippen molar-refractivity contribution in [3.8, 4) is 0 Å². The van der Waals surface area contributed by atoms with E-state index in [-0.39, 0.29) is 17.9 Å². The molecule has 4 heteroatoms. The minimum Gasteiger partial charge on any atom is -0.390 e. The lowest BCUT2D eigenvalue weighted by molar-refractivity contribution is -0.123. The van der Waals surface area contributed by atoms with Crippen molar-refractivity contribution in [2.24, 2.45) is 11.1 Å². The van der Waals surface area contributed by atoms with Gasteiger partial charge in [-0.3, -0.25) is 4.79 Å². The highest BCUT2D eigenvalue weighted by Gasteiger charge is 2.34. The number of rotatable bonds is 4. The lowest BCUT2D eigenvalue weighted by Gasteiger charge is -2.25. The number of carbonyl (C=O) groups excluding carboxylic acids is 1. The van der Waals surface area contributed by atoms with E-state index in [0.29, 0.717) is 12.5 Å². The first-order valence-corrected chi connectivity index (χ1v) is 8.39. The Labute approximate surface area is 130 Å². The first-order chi connectivity index (χ1) is 10.8. The number of benzene rings is 1. The summed E-state index contributed by atoms with van der Waals surface area (Å²) in [6.07, 6.45) is 6.53. The molecule has 1 heterocycles. The SMILES string of the molecule is O=C(NCC1CC(C2CC2)=NO1)C1CCCc2ccccc21. The number of carbonyl (C=O) groups is 1. The molecular weight excluding hydrogens is 276 g/mol. The molecule has 0 bridgehead atoms. The molecule has 1 aromatic carbocycles. The third-order valence-corrected chi connectivity index (χ3v) is 4.99. The molecular formula is C18H22N2O2. The molecule has 4 nitrogen and oxygen atoms in total. The molecule has 2 unspecified atom stereocenters. The van der Waals surface area contributed by atoms with Crippen molar-refractivity contribution in [2.45, 2.75) is 50.5 Å². The van der Waals surface area contributed by atoms with Crippen molar-refractivity contribution in [3.63, 3.8) is 0 Å². The molecule has 4 rings (SSSR count). The average molecular weight is 298 g/mol. The lowest BCUT2D eigenvalue weighted by Crippen LogP contribution is -2.36. The molecule has 0 spiro atoms. The molecule has 0 aromatic heterocycles. The van der Waals surface area contributed by atoms with Crippen molar-refractivity contribution < 1.29 is 9.63 Å². The summed E-state index contributed by atoms with van der Waals surface area (Å²) in [6, 6.07) is 8.33. The second kappa shape index (κ2) is 5.75. The maximum absolute atomic E-state index is 12.5. The lowest BCUT2D eigenvalue weighted by atomic mass is 9.82. The maximum Gasteiger partial charge on any atom is 0.227 e. The van der Waals surface area contributed by atoms with Gasteiger partial charge in [0.1, 0.15) is 6.10 Å². The summed E-state index contributed by atoms with van der Waals surface area (Å²) in [6.45, 7) is 0.567. The minimum atomic E-state index is -0.00447. The van der Waals surface area contributed by atoms with E-state index in [0.717, 1.165) is 25.7 Å². The molecule has 22 heavy (non-hydrogen) atoms. The number of amides is 1. The van der Waals surface area contributed by atoms with Crippen LogP contribution in [-0.4, -0.2) is 24.3 Å². The number of hydrogen-bond acceptors (Lipinski definition) is 3. The molecule has 1 amide bonds. The summed E-state index contributed by atoms with van der Waals surface area (Å²) in [5.74, 6) is 0.789. The van der Waals surface area contributed by atoms with Crippen molar-refractivity contribution in [3.05, 3.63) is 35.4 Å². The molecule has 0 saturated heterocycles. The third-order valence-electron chi connectivity index (χ3n) is 4.99. The van der Waals surface area contributed by atoms with E-state index in [1.807, 2.05) is 6.07 Å². The summed E-state index contributed by atoms with van der Waals surface area (Å²) in [5, 5.41) is 7.25. The van der Waals surface area contributed by atoms with Crippen LogP contribution in [0.4, 0.5) is 0 Å². The van der Waals surface area contributed by atoms with Crippen LogP contribution in [0.1, 0.15) is 49.1 Å². The fraction of sp³-hybridized carbons (Fsp3) is 0.556. The molecule has 2 aliphatic carbocycles. The van der Waals surface area contributed by atoms with Crippen LogP contribution in [0.2, 0.25) is 0 Å². The van der Waals surface area contributed by atoms with Crippen molar-refractivity contribution >= 4 is 11.6 Å². The van der Waals surface area contributed by atoms with Gasteiger partial charge in [0, 0.05) is 12.3 Å². The zero-order valence-electron chi connectivity index (χ0n) is 12.8. The molecule has 3 aliphatic rings. The topological polar surface area (TPSA) is 50.7 Å². The monoisotopic (exact) mass is 298 g/mol. The molecule has 0 radical (unpaired) electrons. The molecule has 1 N–H and O–H groups in total. The van der Waals surface area contributed by atoms with Crippen LogP contribution in [0.25, 0.3) is 0 Å². The van der Waals surface area contributed by atoms with Crippen LogP contribution >= 0.6 is 0 Å². The second-order valence-corrected chi connectivity index (χ2v) is 6.68. The summed E-state index contributed by atoms with van der Waals surface area (Å²) in [5.41, 5.74) is 3.72. The van der Waals surface area contributed by atoms with E-state index in [4.69, 9.17) is 4.84 Å². The molecule has 116 valence electrons. The smallest absolute Gasteiger partial charge is 0.227 e.